The molecule has 0 aromatic heterocycles. The van der Waals surface area contributed by atoms with E-state index in [9.17, 15) is 4.79 Å². The van der Waals surface area contributed by atoms with E-state index in [1.807, 2.05) is 13.0 Å². The molecule has 0 unspecified atom stereocenters. The number of carbonyl (C=O) groups is 1. The van der Waals surface area contributed by atoms with Gasteiger partial charge in [0.15, 0.2) is 5.78 Å². The van der Waals surface area contributed by atoms with Crippen molar-refractivity contribution in [2.45, 2.75) is 59.4 Å². The van der Waals surface area contributed by atoms with E-state index in [0.29, 0.717) is 6.42 Å². The van der Waals surface area contributed by atoms with Gasteiger partial charge >= 0.3 is 0 Å². The van der Waals surface area contributed by atoms with Gasteiger partial charge in [0.25, 0.3) is 0 Å². The fourth-order valence-corrected chi connectivity index (χ4v) is 2.27. The molecule has 0 heterocycles. The molecule has 19 heavy (non-hydrogen) atoms. The average molecular weight is 261 g/mol. The van der Waals surface area contributed by atoms with Crippen LogP contribution in [0.2, 0.25) is 0 Å². The summed E-state index contributed by atoms with van der Waals surface area (Å²) in [7, 11) is 0. The second-order valence-electron chi connectivity index (χ2n) is 6.72. The molecule has 1 aliphatic rings. The van der Waals surface area contributed by atoms with Crippen molar-refractivity contribution >= 4 is 5.78 Å². The number of rotatable bonds is 5. The first-order valence-corrected chi connectivity index (χ1v) is 7.06. The zero-order valence-electron chi connectivity index (χ0n) is 12.8. The Balaban J connectivity index is 2.67. The van der Waals surface area contributed by atoms with Crippen LogP contribution < -0.4 is 5.73 Å². The molecule has 0 aromatic rings. The normalized spacial score (nSPS) is 20.4. The van der Waals surface area contributed by atoms with E-state index in [1.165, 1.54) is 5.57 Å². The van der Waals surface area contributed by atoms with Crippen molar-refractivity contribution in [1.82, 2.24) is 0 Å². The lowest BCUT2D eigenvalue weighted by Crippen LogP contribution is -2.18. The Morgan fingerprint density at radius 1 is 1.47 bits per heavy atom. The minimum atomic E-state index is 0.0540. The molecular weight excluding hydrogens is 234 g/mol. The van der Waals surface area contributed by atoms with Crippen LogP contribution >= 0.6 is 0 Å². The standard InChI is InChI=1S/C17H27NO/c1-12(2)14-8-9-16(18)15(14)7-6-13(19)10-11-17(3,4)5/h6-7,16H,1,8-11,18H2,2-5H3/t16-/m0/s1. The molecule has 0 amide bonds. The molecule has 1 aliphatic carbocycles. The third kappa shape index (κ3) is 5.15. The van der Waals surface area contributed by atoms with Crippen LogP contribution in [-0.4, -0.2) is 11.8 Å². The highest BCUT2D eigenvalue weighted by Gasteiger charge is 2.20. The summed E-state index contributed by atoms with van der Waals surface area (Å²) >= 11 is 0. The van der Waals surface area contributed by atoms with Crippen molar-refractivity contribution in [2.75, 3.05) is 0 Å². The molecule has 0 saturated carbocycles. The lowest BCUT2D eigenvalue weighted by atomic mass is 9.89. The molecule has 0 radical (unpaired) electrons. The van der Waals surface area contributed by atoms with Crippen LogP contribution in [0, 0.1) is 5.41 Å². The molecule has 0 spiro atoms. The van der Waals surface area contributed by atoms with E-state index in [1.54, 1.807) is 6.08 Å². The highest BCUT2D eigenvalue weighted by atomic mass is 16.1. The number of carbonyl (C=O) groups excluding carboxylic acids is 1. The summed E-state index contributed by atoms with van der Waals surface area (Å²) in [5.41, 5.74) is 9.67. The number of ketones is 1. The summed E-state index contributed by atoms with van der Waals surface area (Å²) in [5.74, 6) is 0.183. The van der Waals surface area contributed by atoms with Gasteiger partial charge in [-0.2, -0.15) is 0 Å². The van der Waals surface area contributed by atoms with Gasteiger partial charge in [-0.05, 0) is 48.8 Å². The molecule has 0 aromatic carbocycles. The van der Waals surface area contributed by atoms with Crippen LogP contribution in [-0.2, 0) is 4.79 Å². The van der Waals surface area contributed by atoms with E-state index >= 15 is 0 Å². The van der Waals surface area contributed by atoms with Crippen molar-refractivity contribution < 1.29 is 4.79 Å². The largest absolute Gasteiger partial charge is 0.324 e. The number of hydrogen-bond donors (Lipinski definition) is 1. The summed E-state index contributed by atoms with van der Waals surface area (Å²) < 4.78 is 0. The van der Waals surface area contributed by atoms with Gasteiger partial charge in [0.2, 0.25) is 0 Å². The molecule has 2 heteroatoms. The first-order chi connectivity index (χ1) is 8.70. The molecule has 2 nitrogen and oxygen atoms in total. The molecule has 0 saturated heterocycles. The minimum Gasteiger partial charge on any atom is -0.324 e. The van der Waals surface area contributed by atoms with Gasteiger partial charge in [-0.1, -0.05) is 39.0 Å². The summed E-state index contributed by atoms with van der Waals surface area (Å²) in [4.78, 5) is 11.9. The van der Waals surface area contributed by atoms with E-state index in [-0.39, 0.29) is 17.2 Å². The predicted octanol–water partition coefficient (Wildman–Crippen LogP) is 3.93. The maximum Gasteiger partial charge on any atom is 0.155 e. The Morgan fingerprint density at radius 3 is 2.63 bits per heavy atom. The second-order valence-corrected chi connectivity index (χ2v) is 6.72. The predicted molar refractivity (Wildman–Crippen MR) is 81.9 cm³/mol. The van der Waals surface area contributed by atoms with Crippen molar-refractivity contribution in [2.24, 2.45) is 11.1 Å². The molecule has 2 N–H and O–H groups in total. The van der Waals surface area contributed by atoms with E-state index in [4.69, 9.17) is 5.73 Å². The molecule has 1 rings (SSSR count). The Bertz CT molecular complexity index is 421. The zero-order chi connectivity index (χ0) is 14.6. The van der Waals surface area contributed by atoms with Crippen LogP contribution in [0.3, 0.4) is 0 Å². The summed E-state index contributed by atoms with van der Waals surface area (Å²) in [5, 5.41) is 0. The second kappa shape index (κ2) is 6.33. The summed E-state index contributed by atoms with van der Waals surface area (Å²) in [6.07, 6.45) is 7.05. The van der Waals surface area contributed by atoms with Crippen molar-refractivity contribution in [3.63, 3.8) is 0 Å². The highest BCUT2D eigenvalue weighted by molar-refractivity contribution is 5.90. The van der Waals surface area contributed by atoms with Crippen molar-refractivity contribution in [3.8, 4) is 0 Å². The van der Waals surface area contributed by atoms with Gasteiger partial charge in [0.05, 0.1) is 0 Å². The van der Waals surface area contributed by atoms with Crippen LogP contribution in [0.25, 0.3) is 0 Å². The Morgan fingerprint density at radius 2 is 2.11 bits per heavy atom. The van der Waals surface area contributed by atoms with Crippen LogP contribution in [0.5, 0.6) is 0 Å². The maximum absolute atomic E-state index is 11.9. The van der Waals surface area contributed by atoms with Gasteiger partial charge < -0.3 is 5.73 Å². The average Bonchev–Trinajstić information content (AvgIpc) is 2.64. The summed E-state index contributed by atoms with van der Waals surface area (Å²) in [6.45, 7) is 12.4. The lowest BCUT2D eigenvalue weighted by Gasteiger charge is -2.16. The summed E-state index contributed by atoms with van der Waals surface area (Å²) in [6, 6.07) is 0.0540. The number of hydrogen-bond acceptors (Lipinski definition) is 2. The van der Waals surface area contributed by atoms with E-state index < -0.39 is 0 Å². The molecule has 0 bridgehead atoms. The zero-order valence-corrected chi connectivity index (χ0v) is 12.8. The minimum absolute atomic E-state index is 0.0540. The third-order valence-electron chi connectivity index (χ3n) is 3.54. The van der Waals surface area contributed by atoms with Gasteiger partial charge in [-0.3, -0.25) is 4.79 Å². The van der Waals surface area contributed by atoms with Gasteiger partial charge in [-0.15, -0.1) is 0 Å². The Labute approximate surface area is 117 Å². The molecule has 1 atom stereocenters. The SMILES string of the molecule is C=C(C)C1=C(C=CC(=O)CCC(C)(C)C)[C@@H](N)CC1. The monoisotopic (exact) mass is 261 g/mol. The highest BCUT2D eigenvalue weighted by Crippen LogP contribution is 2.30. The van der Waals surface area contributed by atoms with Gasteiger partial charge in [0.1, 0.15) is 0 Å². The molecule has 0 aliphatic heterocycles. The van der Waals surface area contributed by atoms with Crippen molar-refractivity contribution in [1.29, 1.82) is 0 Å². The first-order valence-electron chi connectivity index (χ1n) is 7.06. The third-order valence-corrected chi connectivity index (χ3v) is 3.54. The molecular formula is C17H27NO. The van der Waals surface area contributed by atoms with Crippen LogP contribution in [0.1, 0.15) is 53.4 Å². The fraction of sp³-hybridized carbons (Fsp3) is 0.588. The topological polar surface area (TPSA) is 43.1 Å². The van der Waals surface area contributed by atoms with Crippen LogP contribution in [0.15, 0.2) is 35.5 Å². The smallest absolute Gasteiger partial charge is 0.155 e. The Hall–Kier alpha value is -1.15. The van der Waals surface area contributed by atoms with Crippen LogP contribution in [0.4, 0.5) is 0 Å². The first kappa shape index (κ1) is 15.9. The quantitative estimate of drug-likeness (QED) is 0.762. The Kier molecular flexibility index (Phi) is 5.30. The number of nitrogens with two attached hydrogens (primary N) is 1. The van der Waals surface area contributed by atoms with E-state index in [0.717, 1.165) is 30.4 Å². The maximum atomic E-state index is 11.9. The van der Waals surface area contributed by atoms with Crippen molar-refractivity contribution in [3.05, 3.63) is 35.5 Å². The van der Waals surface area contributed by atoms with Gasteiger partial charge in [0, 0.05) is 12.5 Å². The number of allylic oxidation sites excluding steroid dienone is 3. The fourth-order valence-electron chi connectivity index (χ4n) is 2.27. The van der Waals surface area contributed by atoms with Gasteiger partial charge in [-0.25, -0.2) is 0 Å². The van der Waals surface area contributed by atoms with E-state index in [2.05, 4.69) is 27.4 Å². The molecule has 106 valence electrons. The lowest BCUT2D eigenvalue weighted by molar-refractivity contribution is -0.115. The molecule has 0 fully saturated rings.